The lowest BCUT2D eigenvalue weighted by Crippen LogP contribution is -1.98. The molecule has 0 unspecified atom stereocenters. The number of hydrogen-bond acceptors (Lipinski definition) is 3. The zero-order chi connectivity index (χ0) is 14.7. The van der Waals surface area contributed by atoms with Gasteiger partial charge in [-0.05, 0) is 31.0 Å². The fraction of sp³-hybridized carbons (Fsp3) is 0.294. The third kappa shape index (κ3) is 2.72. The van der Waals surface area contributed by atoms with Gasteiger partial charge in [0.2, 0.25) is 0 Å². The molecule has 0 heterocycles. The summed E-state index contributed by atoms with van der Waals surface area (Å²) in [5.41, 5.74) is 3.92. The molecule has 0 aliphatic heterocycles. The molecule has 3 nitrogen and oxygen atoms in total. The van der Waals surface area contributed by atoms with Crippen LogP contribution in [-0.4, -0.2) is 19.3 Å². The molecule has 0 amide bonds. The van der Waals surface area contributed by atoms with Crippen molar-refractivity contribution in [1.29, 1.82) is 0 Å². The first kappa shape index (κ1) is 14.3. The van der Waals surface area contributed by atoms with Crippen LogP contribution < -0.4 is 9.47 Å². The first-order chi connectivity index (χ1) is 9.56. The maximum Gasteiger partial charge on any atom is 0.164 e. The summed E-state index contributed by atoms with van der Waals surface area (Å²) in [6.45, 7) is 3.94. The Morgan fingerprint density at radius 1 is 1.00 bits per heavy atom. The number of aromatic hydroxyl groups is 1. The summed E-state index contributed by atoms with van der Waals surface area (Å²) in [5, 5.41) is 10.2. The molecule has 106 valence electrons. The van der Waals surface area contributed by atoms with Gasteiger partial charge in [-0.3, -0.25) is 0 Å². The zero-order valence-electron chi connectivity index (χ0n) is 12.4. The van der Waals surface area contributed by atoms with Gasteiger partial charge in [0.05, 0.1) is 14.2 Å². The molecule has 0 atom stereocenters. The first-order valence-electron chi connectivity index (χ1n) is 6.55. The summed E-state index contributed by atoms with van der Waals surface area (Å²) >= 11 is 0. The SMILES string of the molecule is COc1cccc(Cc2cc(C)cc(C)c2O)c1OC. The maximum absolute atomic E-state index is 10.2. The van der Waals surface area contributed by atoms with Crippen LogP contribution in [-0.2, 0) is 6.42 Å². The predicted molar refractivity (Wildman–Crippen MR) is 79.9 cm³/mol. The highest BCUT2D eigenvalue weighted by Crippen LogP contribution is 2.34. The van der Waals surface area contributed by atoms with E-state index in [2.05, 4.69) is 0 Å². The Hall–Kier alpha value is -2.16. The van der Waals surface area contributed by atoms with E-state index in [9.17, 15) is 5.11 Å². The van der Waals surface area contributed by atoms with E-state index in [1.54, 1.807) is 14.2 Å². The van der Waals surface area contributed by atoms with Crippen LogP contribution in [0.5, 0.6) is 17.2 Å². The molecule has 0 saturated heterocycles. The average molecular weight is 272 g/mol. The molecule has 0 aliphatic rings. The van der Waals surface area contributed by atoms with Crippen LogP contribution in [0.25, 0.3) is 0 Å². The molecule has 2 aromatic carbocycles. The standard InChI is InChI=1S/C17H20O3/c1-11-8-12(2)16(18)14(9-11)10-13-6-5-7-15(19-3)17(13)20-4/h5-9,18H,10H2,1-4H3. The van der Waals surface area contributed by atoms with Gasteiger partial charge in [0.15, 0.2) is 11.5 Å². The molecule has 0 radical (unpaired) electrons. The highest BCUT2D eigenvalue weighted by molar-refractivity contribution is 5.51. The minimum atomic E-state index is 0.348. The van der Waals surface area contributed by atoms with Gasteiger partial charge >= 0.3 is 0 Å². The van der Waals surface area contributed by atoms with Crippen molar-refractivity contribution < 1.29 is 14.6 Å². The fourth-order valence-corrected chi connectivity index (χ4v) is 2.48. The molecule has 1 N–H and O–H groups in total. The van der Waals surface area contributed by atoms with Crippen molar-refractivity contribution in [2.24, 2.45) is 0 Å². The highest BCUT2D eigenvalue weighted by atomic mass is 16.5. The summed E-state index contributed by atoms with van der Waals surface area (Å²) in [7, 11) is 3.25. The number of phenols is 1. The molecule has 0 aliphatic carbocycles. The van der Waals surface area contributed by atoms with Crippen LogP contribution in [0.4, 0.5) is 0 Å². The van der Waals surface area contributed by atoms with Crippen LogP contribution in [0.3, 0.4) is 0 Å². The molecular weight excluding hydrogens is 252 g/mol. The van der Waals surface area contributed by atoms with Crippen LogP contribution in [0.2, 0.25) is 0 Å². The Labute approximate surface area is 119 Å². The number of aryl methyl sites for hydroxylation is 2. The van der Waals surface area contributed by atoms with E-state index in [4.69, 9.17) is 9.47 Å². The predicted octanol–water partition coefficient (Wildman–Crippen LogP) is 3.62. The number of para-hydroxylation sites is 1. The fourth-order valence-electron chi connectivity index (χ4n) is 2.48. The van der Waals surface area contributed by atoms with E-state index in [0.717, 1.165) is 22.3 Å². The molecule has 0 spiro atoms. The quantitative estimate of drug-likeness (QED) is 0.924. The number of hydrogen-bond donors (Lipinski definition) is 1. The second-order valence-electron chi connectivity index (χ2n) is 4.92. The second kappa shape index (κ2) is 5.87. The molecule has 2 rings (SSSR count). The van der Waals surface area contributed by atoms with Crippen LogP contribution in [0, 0.1) is 13.8 Å². The van der Waals surface area contributed by atoms with Crippen molar-refractivity contribution in [3.8, 4) is 17.2 Å². The number of methoxy groups -OCH3 is 2. The van der Waals surface area contributed by atoms with Crippen molar-refractivity contribution in [3.63, 3.8) is 0 Å². The van der Waals surface area contributed by atoms with E-state index in [1.165, 1.54) is 0 Å². The number of phenolic OH excluding ortho intramolecular Hbond substituents is 1. The molecule has 0 aromatic heterocycles. The summed E-state index contributed by atoms with van der Waals surface area (Å²) in [6.07, 6.45) is 0.606. The van der Waals surface area contributed by atoms with Gasteiger partial charge < -0.3 is 14.6 Å². The van der Waals surface area contributed by atoms with Gasteiger partial charge in [-0.1, -0.05) is 29.8 Å². The maximum atomic E-state index is 10.2. The molecule has 20 heavy (non-hydrogen) atoms. The average Bonchev–Trinajstić information content (AvgIpc) is 2.43. The molecule has 0 fully saturated rings. The van der Waals surface area contributed by atoms with Gasteiger partial charge in [-0.2, -0.15) is 0 Å². The van der Waals surface area contributed by atoms with E-state index < -0.39 is 0 Å². The Kier molecular flexibility index (Phi) is 4.18. The lowest BCUT2D eigenvalue weighted by Gasteiger charge is -2.14. The number of ether oxygens (including phenoxy) is 2. The van der Waals surface area contributed by atoms with E-state index in [1.807, 2.05) is 44.2 Å². The lowest BCUT2D eigenvalue weighted by molar-refractivity contribution is 0.352. The number of rotatable bonds is 4. The molecule has 0 saturated carbocycles. The third-order valence-electron chi connectivity index (χ3n) is 3.39. The number of benzene rings is 2. The monoisotopic (exact) mass is 272 g/mol. The van der Waals surface area contributed by atoms with Crippen molar-refractivity contribution in [3.05, 3.63) is 52.6 Å². The Bertz CT molecular complexity index is 618. The van der Waals surface area contributed by atoms with Gasteiger partial charge in [0.25, 0.3) is 0 Å². The van der Waals surface area contributed by atoms with Crippen molar-refractivity contribution in [2.75, 3.05) is 14.2 Å². The van der Waals surface area contributed by atoms with Gasteiger partial charge in [-0.25, -0.2) is 0 Å². The van der Waals surface area contributed by atoms with Crippen molar-refractivity contribution in [2.45, 2.75) is 20.3 Å². The van der Waals surface area contributed by atoms with Gasteiger partial charge in [0, 0.05) is 12.0 Å². The Morgan fingerprint density at radius 3 is 2.40 bits per heavy atom. The first-order valence-corrected chi connectivity index (χ1v) is 6.55. The summed E-state index contributed by atoms with van der Waals surface area (Å²) in [5.74, 6) is 1.77. The normalized spacial score (nSPS) is 10.4. The summed E-state index contributed by atoms with van der Waals surface area (Å²) in [4.78, 5) is 0. The molecule has 0 bridgehead atoms. The minimum absolute atomic E-state index is 0.348. The summed E-state index contributed by atoms with van der Waals surface area (Å²) in [6, 6.07) is 9.75. The van der Waals surface area contributed by atoms with E-state index in [0.29, 0.717) is 23.7 Å². The van der Waals surface area contributed by atoms with E-state index >= 15 is 0 Å². The zero-order valence-corrected chi connectivity index (χ0v) is 12.4. The van der Waals surface area contributed by atoms with Crippen molar-refractivity contribution >= 4 is 0 Å². The largest absolute Gasteiger partial charge is 0.507 e. The topological polar surface area (TPSA) is 38.7 Å². The van der Waals surface area contributed by atoms with Gasteiger partial charge in [0.1, 0.15) is 5.75 Å². The van der Waals surface area contributed by atoms with Crippen LogP contribution >= 0.6 is 0 Å². The van der Waals surface area contributed by atoms with Gasteiger partial charge in [-0.15, -0.1) is 0 Å². The summed E-state index contributed by atoms with van der Waals surface area (Å²) < 4.78 is 10.7. The third-order valence-corrected chi connectivity index (χ3v) is 3.39. The van der Waals surface area contributed by atoms with Crippen LogP contribution in [0.1, 0.15) is 22.3 Å². The molecule has 2 aromatic rings. The molecule has 3 heteroatoms. The smallest absolute Gasteiger partial charge is 0.164 e. The van der Waals surface area contributed by atoms with Crippen LogP contribution in [0.15, 0.2) is 30.3 Å². The highest BCUT2D eigenvalue weighted by Gasteiger charge is 2.13. The Balaban J connectivity index is 2.45. The Morgan fingerprint density at radius 2 is 1.75 bits per heavy atom. The minimum Gasteiger partial charge on any atom is -0.507 e. The van der Waals surface area contributed by atoms with E-state index in [-0.39, 0.29) is 0 Å². The van der Waals surface area contributed by atoms with Crippen molar-refractivity contribution in [1.82, 2.24) is 0 Å². The second-order valence-corrected chi connectivity index (χ2v) is 4.92. The lowest BCUT2D eigenvalue weighted by atomic mass is 9.98. The molecular formula is C17H20O3.